The van der Waals surface area contributed by atoms with Crippen LogP contribution in [0, 0.1) is 0 Å². The molecule has 1 amide bonds. The molecule has 1 atom stereocenters. The molecular formula is C12H26N2O. The van der Waals surface area contributed by atoms with E-state index in [2.05, 4.69) is 19.2 Å². The summed E-state index contributed by atoms with van der Waals surface area (Å²) in [6.45, 7) is 8.14. The van der Waals surface area contributed by atoms with E-state index in [4.69, 9.17) is 5.73 Å². The van der Waals surface area contributed by atoms with E-state index in [1.165, 1.54) is 0 Å². The Morgan fingerprint density at radius 2 is 2.00 bits per heavy atom. The molecule has 3 nitrogen and oxygen atoms in total. The van der Waals surface area contributed by atoms with Crippen LogP contribution < -0.4 is 11.1 Å². The second kappa shape index (κ2) is 6.83. The minimum absolute atomic E-state index is 0.133. The first kappa shape index (κ1) is 14.4. The fourth-order valence-corrected chi connectivity index (χ4v) is 1.46. The van der Waals surface area contributed by atoms with Gasteiger partial charge in [0.15, 0.2) is 0 Å². The lowest BCUT2D eigenvalue weighted by Crippen LogP contribution is -2.37. The normalized spacial score (nSPS) is 13.7. The predicted molar refractivity (Wildman–Crippen MR) is 64.6 cm³/mol. The topological polar surface area (TPSA) is 55.1 Å². The van der Waals surface area contributed by atoms with E-state index in [-0.39, 0.29) is 11.4 Å². The highest BCUT2D eigenvalue weighted by molar-refractivity contribution is 5.76. The molecule has 90 valence electrons. The third kappa shape index (κ3) is 8.43. The maximum absolute atomic E-state index is 11.6. The molecule has 0 saturated heterocycles. The van der Waals surface area contributed by atoms with Crippen molar-refractivity contribution in [1.29, 1.82) is 0 Å². The van der Waals surface area contributed by atoms with Gasteiger partial charge in [0.05, 0.1) is 0 Å². The fraction of sp³-hybridized carbons (Fsp3) is 0.917. The molecule has 0 bridgehead atoms. The summed E-state index contributed by atoms with van der Waals surface area (Å²) in [5.41, 5.74) is 5.58. The van der Waals surface area contributed by atoms with E-state index >= 15 is 0 Å². The second-order valence-corrected chi connectivity index (χ2v) is 4.95. The van der Waals surface area contributed by atoms with Gasteiger partial charge in [-0.05, 0) is 33.1 Å². The summed E-state index contributed by atoms with van der Waals surface area (Å²) >= 11 is 0. The molecule has 0 aromatic heterocycles. The number of nitrogens with one attached hydrogen (secondary N) is 1. The second-order valence-electron chi connectivity index (χ2n) is 4.95. The van der Waals surface area contributed by atoms with Crippen molar-refractivity contribution in [2.24, 2.45) is 5.73 Å². The maximum Gasteiger partial charge on any atom is 0.220 e. The van der Waals surface area contributed by atoms with E-state index in [1.807, 2.05) is 13.8 Å². The van der Waals surface area contributed by atoms with Crippen molar-refractivity contribution in [3.63, 3.8) is 0 Å². The van der Waals surface area contributed by atoms with E-state index in [0.29, 0.717) is 12.5 Å². The molecule has 0 fully saturated rings. The lowest BCUT2D eigenvalue weighted by molar-refractivity contribution is -0.122. The molecule has 0 saturated carbocycles. The quantitative estimate of drug-likeness (QED) is 0.682. The summed E-state index contributed by atoms with van der Waals surface area (Å²) < 4.78 is 0. The van der Waals surface area contributed by atoms with Crippen LogP contribution >= 0.6 is 0 Å². The van der Waals surface area contributed by atoms with Gasteiger partial charge < -0.3 is 11.1 Å². The Bertz CT molecular complexity index is 185. The zero-order chi connectivity index (χ0) is 11.9. The number of amides is 1. The van der Waals surface area contributed by atoms with Crippen LogP contribution in [0.4, 0.5) is 0 Å². The summed E-state index contributed by atoms with van der Waals surface area (Å²) in [5, 5.41) is 3.05. The Morgan fingerprint density at radius 1 is 1.40 bits per heavy atom. The first-order valence-electron chi connectivity index (χ1n) is 5.97. The molecular weight excluding hydrogens is 188 g/mol. The first-order chi connectivity index (χ1) is 6.89. The highest BCUT2D eigenvalue weighted by Gasteiger charge is 2.14. The molecule has 0 aromatic rings. The minimum atomic E-state index is -0.246. The molecule has 0 heterocycles. The largest absolute Gasteiger partial charge is 0.353 e. The average Bonchev–Trinajstić information content (AvgIpc) is 2.13. The van der Waals surface area contributed by atoms with Gasteiger partial charge in [-0.1, -0.05) is 20.3 Å². The van der Waals surface area contributed by atoms with Crippen LogP contribution in [0.25, 0.3) is 0 Å². The molecule has 0 aliphatic carbocycles. The van der Waals surface area contributed by atoms with Crippen molar-refractivity contribution in [2.75, 3.05) is 0 Å². The van der Waals surface area contributed by atoms with Gasteiger partial charge >= 0.3 is 0 Å². The van der Waals surface area contributed by atoms with E-state index in [9.17, 15) is 4.79 Å². The zero-order valence-electron chi connectivity index (χ0n) is 10.6. The highest BCUT2D eigenvalue weighted by Crippen LogP contribution is 2.08. The lowest BCUT2D eigenvalue weighted by atomic mass is 9.99. The Labute approximate surface area is 93.8 Å². The summed E-state index contributed by atoms with van der Waals surface area (Å²) in [6, 6.07) is 0.336. The number of carbonyl (C=O) groups excluding carboxylic acids is 1. The third-order valence-electron chi connectivity index (χ3n) is 2.49. The van der Waals surface area contributed by atoms with Crippen molar-refractivity contribution in [1.82, 2.24) is 5.32 Å². The van der Waals surface area contributed by atoms with Gasteiger partial charge in [-0.25, -0.2) is 0 Å². The van der Waals surface area contributed by atoms with E-state index < -0.39 is 0 Å². The van der Waals surface area contributed by atoms with Crippen LogP contribution in [-0.2, 0) is 4.79 Å². The predicted octanol–water partition coefficient (Wildman–Crippen LogP) is 2.20. The van der Waals surface area contributed by atoms with Crippen molar-refractivity contribution in [3.8, 4) is 0 Å². The molecule has 0 rings (SSSR count). The van der Waals surface area contributed by atoms with Crippen molar-refractivity contribution in [2.45, 2.75) is 71.4 Å². The SMILES string of the molecule is CCCC(CC)NC(=O)CCC(C)(C)N. The molecule has 0 radical (unpaired) electrons. The van der Waals surface area contributed by atoms with E-state index in [0.717, 1.165) is 25.7 Å². The monoisotopic (exact) mass is 214 g/mol. The van der Waals surface area contributed by atoms with Gasteiger partial charge in [0.25, 0.3) is 0 Å². The van der Waals surface area contributed by atoms with Gasteiger partial charge in [0, 0.05) is 18.0 Å². The Balaban J connectivity index is 3.81. The van der Waals surface area contributed by atoms with Crippen LogP contribution in [0.3, 0.4) is 0 Å². The molecule has 0 aliphatic heterocycles. The minimum Gasteiger partial charge on any atom is -0.353 e. The van der Waals surface area contributed by atoms with Crippen LogP contribution in [0.1, 0.15) is 59.8 Å². The Kier molecular flexibility index (Phi) is 6.57. The van der Waals surface area contributed by atoms with Crippen molar-refractivity contribution in [3.05, 3.63) is 0 Å². The van der Waals surface area contributed by atoms with Gasteiger partial charge in [-0.2, -0.15) is 0 Å². The van der Waals surface area contributed by atoms with Gasteiger partial charge in [0.1, 0.15) is 0 Å². The van der Waals surface area contributed by atoms with Crippen molar-refractivity contribution >= 4 is 5.91 Å². The third-order valence-corrected chi connectivity index (χ3v) is 2.49. The van der Waals surface area contributed by atoms with Crippen LogP contribution in [0.5, 0.6) is 0 Å². The van der Waals surface area contributed by atoms with Gasteiger partial charge in [-0.3, -0.25) is 4.79 Å². The molecule has 0 aromatic carbocycles. The van der Waals surface area contributed by atoms with Crippen LogP contribution in [0.15, 0.2) is 0 Å². The number of hydrogen-bond donors (Lipinski definition) is 2. The van der Waals surface area contributed by atoms with Crippen molar-refractivity contribution < 1.29 is 4.79 Å². The number of rotatable bonds is 7. The maximum atomic E-state index is 11.6. The molecule has 15 heavy (non-hydrogen) atoms. The zero-order valence-corrected chi connectivity index (χ0v) is 10.6. The molecule has 0 aliphatic rings. The highest BCUT2D eigenvalue weighted by atomic mass is 16.1. The number of nitrogens with two attached hydrogens (primary N) is 1. The number of hydrogen-bond acceptors (Lipinski definition) is 2. The molecule has 3 heteroatoms. The first-order valence-corrected chi connectivity index (χ1v) is 5.97. The van der Waals surface area contributed by atoms with Gasteiger partial charge in [0.2, 0.25) is 5.91 Å². The number of carbonyl (C=O) groups is 1. The summed E-state index contributed by atoms with van der Waals surface area (Å²) in [7, 11) is 0. The fourth-order valence-electron chi connectivity index (χ4n) is 1.46. The standard InChI is InChI=1S/C12H26N2O/c1-5-7-10(6-2)14-11(15)8-9-12(3,4)13/h10H,5-9,13H2,1-4H3,(H,14,15). The Hall–Kier alpha value is -0.570. The average molecular weight is 214 g/mol. The van der Waals surface area contributed by atoms with Crippen LogP contribution in [0.2, 0.25) is 0 Å². The van der Waals surface area contributed by atoms with E-state index in [1.54, 1.807) is 0 Å². The lowest BCUT2D eigenvalue weighted by Gasteiger charge is -2.20. The smallest absolute Gasteiger partial charge is 0.220 e. The summed E-state index contributed by atoms with van der Waals surface area (Å²) in [6.07, 6.45) is 4.45. The molecule has 0 spiro atoms. The molecule has 3 N–H and O–H groups in total. The van der Waals surface area contributed by atoms with Gasteiger partial charge in [-0.15, -0.1) is 0 Å². The molecule has 1 unspecified atom stereocenters. The summed E-state index contributed by atoms with van der Waals surface area (Å²) in [5.74, 6) is 0.133. The Morgan fingerprint density at radius 3 is 2.40 bits per heavy atom. The van der Waals surface area contributed by atoms with Crippen LogP contribution in [-0.4, -0.2) is 17.5 Å². The summed E-state index contributed by atoms with van der Waals surface area (Å²) in [4.78, 5) is 11.6.